The largest absolute Gasteiger partial charge is 0.325 e. The molecule has 0 fully saturated rings. The molecule has 144 valence electrons. The quantitative estimate of drug-likeness (QED) is 0.239. The Labute approximate surface area is 161 Å². The molecule has 7 nitrogen and oxygen atoms in total. The van der Waals surface area contributed by atoms with Crippen molar-refractivity contribution in [1.29, 1.82) is 0 Å². The van der Waals surface area contributed by atoms with Gasteiger partial charge in [0, 0.05) is 17.9 Å². The van der Waals surface area contributed by atoms with E-state index < -0.39 is 5.92 Å². The monoisotopic (exact) mass is 378 g/mol. The van der Waals surface area contributed by atoms with Crippen molar-refractivity contribution in [3.05, 3.63) is 29.3 Å². The molecule has 0 heterocycles. The average molecular weight is 379 g/mol. The third-order valence-electron chi connectivity index (χ3n) is 4.35. The highest BCUT2D eigenvalue weighted by atomic mass is 32.1. The van der Waals surface area contributed by atoms with Crippen molar-refractivity contribution < 1.29 is 4.79 Å². The van der Waals surface area contributed by atoms with Gasteiger partial charge in [0.05, 0.1) is 5.92 Å². The molecular formula is C18H30N6OS. The molecule has 0 bridgehead atoms. The van der Waals surface area contributed by atoms with Gasteiger partial charge in [-0.25, -0.2) is 5.84 Å². The van der Waals surface area contributed by atoms with E-state index in [0.717, 1.165) is 29.9 Å². The van der Waals surface area contributed by atoms with Gasteiger partial charge in [-0.1, -0.05) is 32.0 Å². The lowest BCUT2D eigenvalue weighted by Gasteiger charge is -2.25. The van der Waals surface area contributed by atoms with Crippen LogP contribution in [0.4, 0.5) is 5.69 Å². The molecule has 0 aliphatic carbocycles. The zero-order valence-electron chi connectivity index (χ0n) is 16.2. The molecule has 26 heavy (non-hydrogen) atoms. The fourth-order valence-corrected chi connectivity index (χ4v) is 2.66. The second kappa shape index (κ2) is 10.8. The summed E-state index contributed by atoms with van der Waals surface area (Å²) in [4.78, 5) is 15.2. The van der Waals surface area contributed by atoms with E-state index in [1.54, 1.807) is 0 Å². The van der Waals surface area contributed by atoms with Crippen LogP contribution >= 0.6 is 12.2 Å². The van der Waals surface area contributed by atoms with E-state index in [2.05, 4.69) is 40.0 Å². The van der Waals surface area contributed by atoms with Crippen molar-refractivity contribution in [3.8, 4) is 0 Å². The lowest BCUT2D eigenvalue weighted by molar-refractivity contribution is -0.118. The number of aryl methyl sites for hydroxylation is 2. The summed E-state index contributed by atoms with van der Waals surface area (Å²) in [6.45, 7) is 12.2. The summed E-state index contributed by atoms with van der Waals surface area (Å²) in [5.41, 5.74) is 8.50. The minimum Gasteiger partial charge on any atom is -0.325 e. The molecule has 1 atom stereocenters. The van der Waals surface area contributed by atoms with E-state index in [4.69, 9.17) is 18.1 Å². The summed E-state index contributed by atoms with van der Waals surface area (Å²) < 4.78 is 0. The maximum absolute atomic E-state index is 13.0. The maximum atomic E-state index is 13.0. The van der Waals surface area contributed by atoms with Crippen molar-refractivity contribution >= 4 is 34.6 Å². The van der Waals surface area contributed by atoms with E-state index in [0.29, 0.717) is 12.3 Å². The van der Waals surface area contributed by atoms with Gasteiger partial charge in [0.25, 0.3) is 0 Å². The fraction of sp³-hybridized carbons (Fsp3) is 0.500. The number of hydrazone groups is 1. The first-order valence-corrected chi connectivity index (χ1v) is 9.14. The summed E-state index contributed by atoms with van der Waals surface area (Å²) >= 11 is 4.93. The molecule has 0 saturated heterocycles. The first-order chi connectivity index (χ1) is 12.3. The van der Waals surface area contributed by atoms with Crippen molar-refractivity contribution in [2.45, 2.75) is 34.6 Å². The van der Waals surface area contributed by atoms with E-state index in [1.165, 1.54) is 0 Å². The van der Waals surface area contributed by atoms with E-state index in [1.807, 2.05) is 39.0 Å². The predicted molar refractivity (Wildman–Crippen MR) is 112 cm³/mol. The number of para-hydroxylation sites is 1. The summed E-state index contributed by atoms with van der Waals surface area (Å²) in [6.07, 6.45) is 0. The highest BCUT2D eigenvalue weighted by Gasteiger charge is 2.25. The molecule has 0 aromatic heterocycles. The van der Waals surface area contributed by atoms with Crippen LogP contribution in [0.5, 0.6) is 0 Å². The minimum absolute atomic E-state index is 0.0935. The molecule has 1 rings (SSSR count). The van der Waals surface area contributed by atoms with Crippen molar-refractivity contribution in [1.82, 2.24) is 15.8 Å². The number of hydrazine groups is 1. The number of hydrogen-bond donors (Lipinski definition) is 4. The first kappa shape index (κ1) is 22.0. The second-order valence-corrected chi connectivity index (χ2v) is 6.54. The molecule has 1 amide bonds. The fourth-order valence-electron chi connectivity index (χ4n) is 2.62. The number of anilines is 1. The van der Waals surface area contributed by atoms with Gasteiger partial charge in [0.1, 0.15) is 0 Å². The average Bonchev–Trinajstić information content (AvgIpc) is 2.63. The van der Waals surface area contributed by atoms with Crippen molar-refractivity contribution in [2.75, 3.05) is 25.0 Å². The highest BCUT2D eigenvalue weighted by molar-refractivity contribution is 7.80. The molecule has 1 aromatic carbocycles. The van der Waals surface area contributed by atoms with Crippen molar-refractivity contribution in [3.63, 3.8) is 0 Å². The molecule has 0 aliphatic heterocycles. The number of carbonyl (C=O) groups is 1. The lowest BCUT2D eigenvalue weighted by atomic mass is 10.0. The van der Waals surface area contributed by atoms with Gasteiger partial charge in [-0.3, -0.25) is 15.6 Å². The molecule has 0 spiro atoms. The van der Waals surface area contributed by atoms with Gasteiger partial charge in [-0.15, -0.1) is 0 Å². The standard InChI is InChI=1S/C18H30N6OS/c1-6-24(7-2)11-15(14(5)22-23-18(26)21-19)17(25)20-16-12(3)9-8-10-13(16)4/h8-10,15H,6-7,11,19H2,1-5H3,(H,20,25)(H2,21,23,26)/b22-14+. The van der Waals surface area contributed by atoms with E-state index in [9.17, 15) is 4.79 Å². The number of carbonyl (C=O) groups excluding carboxylic acids is 1. The number of nitrogens with two attached hydrogens (primary N) is 1. The summed E-state index contributed by atoms with van der Waals surface area (Å²) in [7, 11) is 0. The Bertz CT molecular complexity index is 637. The van der Waals surface area contributed by atoms with Crippen LogP contribution in [0.25, 0.3) is 0 Å². The molecule has 5 N–H and O–H groups in total. The van der Waals surface area contributed by atoms with E-state index >= 15 is 0 Å². The predicted octanol–water partition coefficient (Wildman–Crippen LogP) is 1.91. The topological polar surface area (TPSA) is 94.8 Å². The first-order valence-electron chi connectivity index (χ1n) is 8.74. The third-order valence-corrected chi connectivity index (χ3v) is 4.56. The number of nitrogens with zero attached hydrogens (tertiary/aromatic N) is 2. The Morgan fingerprint density at radius 3 is 2.35 bits per heavy atom. The number of nitrogens with one attached hydrogen (secondary N) is 3. The van der Waals surface area contributed by atoms with Crippen LogP contribution < -0.4 is 22.0 Å². The van der Waals surface area contributed by atoms with Gasteiger partial charge >= 0.3 is 0 Å². The molecule has 0 aliphatic rings. The van der Waals surface area contributed by atoms with Gasteiger partial charge in [0.15, 0.2) is 0 Å². The Balaban J connectivity index is 3.06. The molecule has 0 saturated carbocycles. The molecular weight excluding hydrogens is 348 g/mol. The molecule has 1 unspecified atom stereocenters. The zero-order chi connectivity index (χ0) is 19.7. The summed E-state index contributed by atoms with van der Waals surface area (Å²) in [5, 5.41) is 7.48. The van der Waals surface area contributed by atoms with Gasteiger partial charge in [-0.05, 0) is 57.2 Å². The number of amides is 1. The van der Waals surface area contributed by atoms with Gasteiger partial charge < -0.3 is 10.2 Å². The Kier molecular flexibility index (Phi) is 9.18. The van der Waals surface area contributed by atoms with Gasteiger partial charge in [-0.2, -0.15) is 5.10 Å². The van der Waals surface area contributed by atoms with Crippen LogP contribution in [0.2, 0.25) is 0 Å². The van der Waals surface area contributed by atoms with Crippen LogP contribution in [0, 0.1) is 19.8 Å². The Morgan fingerprint density at radius 2 is 1.85 bits per heavy atom. The minimum atomic E-state index is -0.415. The zero-order valence-corrected chi connectivity index (χ0v) is 17.0. The number of rotatable bonds is 8. The maximum Gasteiger partial charge on any atom is 0.234 e. The highest BCUT2D eigenvalue weighted by Crippen LogP contribution is 2.20. The van der Waals surface area contributed by atoms with Crippen LogP contribution in [-0.4, -0.2) is 41.3 Å². The van der Waals surface area contributed by atoms with Crippen molar-refractivity contribution in [2.24, 2.45) is 16.9 Å². The third kappa shape index (κ3) is 6.36. The van der Waals surface area contributed by atoms with Crippen LogP contribution in [0.15, 0.2) is 23.3 Å². The van der Waals surface area contributed by atoms with Crippen LogP contribution in [0.1, 0.15) is 31.9 Å². The normalized spacial score (nSPS) is 12.7. The van der Waals surface area contributed by atoms with Gasteiger partial charge in [0.2, 0.25) is 11.0 Å². The number of benzene rings is 1. The Hall–Kier alpha value is -2.03. The number of hydrogen-bond acceptors (Lipinski definition) is 5. The Morgan fingerprint density at radius 1 is 1.27 bits per heavy atom. The van der Waals surface area contributed by atoms with Crippen LogP contribution in [0.3, 0.4) is 0 Å². The van der Waals surface area contributed by atoms with Crippen LogP contribution in [-0.2, 0) is 4.79 Å². The second-order valence-electron chi connectivity index (χ2n) is 6.13. The van der Waals surface area contributed by atoms with E-state index in [-0.39, 0.29) is 11.0 Å². The molecule has 1 aromatic rings. The molecule has 8 heteroatoms. The number of thiocarbonyl (C=S) groups is 1. The molecule has 0 radical (unpaired) electrons. The lowest BCUT2D eigenvalue weighted by Crippen LogP contribution is -2.42. The smallest absolute Gasteiger partial charge is 0.234 e. The SMILES string of the molecule is CCN(CC)CC(C(=O)Nc1c(C)cccc1C)/C(C)=N/NC(=S)NN. The summed E-state index contributed by atoms with van der Waals surface area (Å²) in [5.74, 6) is 4.73. The summed E-state index contributed by atoms with van der Waals surface area (Å²) in [6, 6.07) is 5.94.